The van der Waals surface area contributed by atoms with Gasteiger partial charge in [-0.3, -0.25) is 4.98 Å². The molecule has 108 valence electrons. The number of fused-ring (bicyclic) bond motifs is 1. The number of hydrogen-bond acceptors (Lipinski definition) is 4. The number of benzene rings is 1. The second-order valence-corrected chi connectivity index (χ2v) is 6.28. The van der Waals surface area contributed by atoms with Crippen molar-refractivity contribution in [2.45, 2.75) is 25.3 Å². The molecule has 0 aliphatic rings. The molecule has 21 heavy (non-hydrogen) atoms. The summed E-state index contributed by atoms with van der Waals surface area (Å²) < 4.78 is 1.27. The van der Waals surface area contributed by atoms with Gasteiger partial charge in [-0.2, -0.15) is 0 Å². The van der Waals surface area contributed by atoms with Gasteiger partial charge < -0.3 is 5.32 Å². The highest BCUT2D eigenvalue weighted by Gasteiger charge is 2.11. The first-order valence-electron chi connectivity index (χ1n) is 7.26. The lowest BCUT2D eigenvalue weighted by molar-refractivity contribution is 0.519. The van der Waals surface area contributed by atoms with Gasteiger partial charge in [0.2, 0.25) is 0 Å². The Bertz CT molecular complexity index is 660. The fraction of sp³-hybridized carbons (Fsp3) is 0.294. The fourth-order valence-corrected chi connectivity index (χ4v) is 3.50. The van der Waals surface area contributed by atoms with Gasteiger partial charge in [0, 0.05) is 24.9 Å². The van der Waals surface area contributed by atoms with E-state index in [2.05, 4.69) is 34.6 Å². The van der Waals surface area contributed by atoms with Gasteiger partial charge in [0.05, 0.1) is 15.2 Å². The van der Waals surface area contributed by atoms with E-state index in [4.69, 9.17) is 4.98 Å². The van der Waals surface area contributed by atoms with Crippen LogP contribution in [0.4, 0.5) is 0 Å². The van der Waals surface area contributed by atoms with Crippen molar-refractivity contribution in [3.8, 4) is 0 Å². The van der Waals surface area contributed by atoms with Crippen LogP contribution in [0.5, 0.6) is 0 Å². The zero-order valence-corrected chi connectivity index (χ0v) is 12.9. The van der Waals surface area contributed by atoms with Crippen molar-refractivity contribution in [1.29, 1.82) is 0 Å². The highest BCUT2D eigenvalue weighted by molar-refractivity contribution is 7.18. The van der Waals surface area contributed by atoms with Gasteiger partial charge in [0.1, 0.15) is 0 Å². The molecular formula is C17H19N3S. The molecule has 2 aromatic heterocycles. The molecule has 1 unspecified atom stereocenters. The van der Waals surface area contributed by atoms with E-state index in [0.717, 1.165) is 24.8 Å². The van der Waals surface area contributed by atoms with Crippen molar-refractivity contribution in [3.05, 3.63) is 59.4 Å². The summed E-state index contributed by atoms with van der Waals surface area (Å²) in [4.78, 5) is 8.89. The van der Waals surface area contributed by atoms with Crippen molar-refractivity contribution in [2.24, 2.45) is 0 Å². The smallest absolute Gasteiger partial charge is 0.0954 e. The van der Waals surface area contributed by atoms with Crippen LogP contribution in [0.25, 0.3) is 10.2 Å². The average molecular weight is 297 g/mol. The van der Waals surface area contributed by atoms with Gasteiger partial charge in [-0.25, -0.2) is 4.98 Å². The van der Waals surface area contributed by atoms with E-state index in [0.29, 0.717) is 6.04 Å². The van der Waals surface area contributed by atoms with E-state index >= 15 is 0 Å². The average Bonchev–Trinajstić information content (AvgIpc) is 2.94. The maximum absolute atomic E-state index is 4.72. The van der Waals surface area contributed by atoms with Crippen molar-refractivity contribution < 1.29 is 0 Å². The molecule has 1 aromatic carbocycles. The number of aryl methyl sites for hydroxylation is 1. The molecule has 1 atom stereocenters. The van der Waals surface area contributed by atoms with Crippen LogP contribution < -0.4 is 5.32 Å². The normalized spacial score (nSPS) is 12.6. The SMILES string of the molecule is CNC(CCc1cccnc1)Cc1nc2ccccc2s1. The summed E-state index contributed by atoms with van der Waals surface area (Å²) in [5.74, 6) is 0. The largest absolute Gasteiger partial charge is 0.317 e. The maximum atomic E-state index is 4.72. The maximum Gasteiger partial charge on any atom is 0.0954 e. The quantitative estimate of drug-likeness (QED) is 0.757. The Morgan fingerprint density at radius 1 is 1.19 bits per heavy atom. The molecule has 0 bridgehead atoms. The second kappa shape index (κ2) is 6.78. The van der Waals surface area contributed by atoms with Crippen LogP contribution in [0.2, 0.25) is 0 Å². The second-order valence-electron chi connectivity index (χ2n) is 5.17. The third-order valence-electron chi connectivity index (χ3n) is 3.67. The predicted molar refractivity (Wildman–Crippen MR) is 88.7 cm³/mol. The van der Waals surface area contributed by atoms with Crippen LogP contribution in [-0.4, -0.2) is 23.1 Å². The molecule has 0 saturated carbocycles. The molecular weight excluding hydrogens is 278 g/mol. The first-order valence-corrected chi connectivity index (χ1v) is 8.07. The van der Waals surface area contributed by atoms with E-state index in [9.17, 15) is 0 Å². The van der Waals surface area contributed by atoms with E-state index in [1.807, 2.05) is 31.6 Å². The minimum atomic E-state index is 0.450. The molecule has 2 heterocycles. The Hall–Kier alpha value is -1.78. The summed E-state index contributed by atoms with van der Waals surface area (Å²) in [6, 6.07) is 12.9. The Labute approximate surface area is 129 Å². The van der Waals surface area contributed by atoms with Crippen molar-refractivity contribution >= 4 is 21.6 Å². The van der Waals surface area contributed by atoms with Crippen molar-refractivity contribution in [3.63, 3.8) is 0 Å². The molecule has 0 aliphatic heterocycles. The number of pyridine rings is 1. The topological polar surface area (TPSA) is 37.8 Å². The fourth-order valence-electron chi connectivity index (χ4n) is 2.45. The number of hydrogen-bond donors (Lipinski definition) is 1. The molecule has 0 spiro atoms. The summed E-state index contributed by atoms with van der Waals surface area (Å²) in [6.07, 6.45) is 6.89. The number of thiazole rings is 1. The van der Waals surface area contributed by atoms with Gasteiger partial charge in [0.25, 0.3) is 0 Å². The zero-order chi connectivity index (χ0) is 14.5. The number of likely N-dealkylation sites (N-methyl/N-ethyl adjacent to an activating group) is 1. The molecule has 3 aromatic rings. The Morgan fingerprint density at radius 3 is 2.86 bits per heavy atom. The monoisotopic (exact) mass is 297 g/mol. The molecule has 4 heteroatoms. The minimum absolute atomic E-state index is 0.450. The van der Waals surface area contributed by atoms with Crippen molar-refractivity contribution in [1.82, 2.24) is 15.3 Å². The molecule has 0 aliphatic carbocycles. The Morgan fingerprint density at radius 2 is 2.10 bits per heavy atom. The standard InChI is InChI=1S/C17H19N3S/c1-18-14(9-8-13-5-4-10-19-12-13)11-17-20-15-6-2-3-7-16(15)21-17/h2-7,10,12,14,18H,8-9,11H2,1H3. The van der Waals surface area contributed by atoms with Gasteiger partial charge in [-0.1, -0.05) is 18.2 Å². The van der Waals surface area contributed by atoms with Gasteiger partial charge in [-0.05, 0) is 43.7 Å². The Kier molecular flexibility index (Phi) is 4.58. The number of para-hydroxylation sites is 1. The molecule has 0 fully saturated rings. The molecule has 0 saturated heterocycles. The summed E-state index contributed by atoms with van der Waals surface area (Å²) >= 11 is 1.80. The highest BCUT2D eigenvalue weighted by atomic mass is 32.1. The van der Waals surface area contributed by atoms with E-state index in [1.165, 1.54) is 15.3 Å². The van der Waals surface area contributed by atoms with E-state index in [-0.39, 0.29) is 0 Å². The predicted octanol–water partition coefficient (Wildman–Crippen LogP) is 3.45. The lowest BCUT2D eigenvalue weighted by Gasteiger charge is -2.14. The van der Waals surface area contributed by atoms with Gasteiger partial charge in [0.15, 0.2) is 0 Å². The number of rotatable bonds is 6. The van der Waals surface area contributed by atoms with Crippen LogP contribution in [0.1, 0.15) is 17.0 Å². The molecule has 0 radical (unpaired) electrons. The van der Waals surface area contributed by atoms with E-state index < -0.39 is 0 Å². The van der Waals surface area contributed by atoms with Crippen LogP contribution in [-0.2, 0) is 12.8 Å². The lowest BCUT2D eigenvalue weighted by Crippen LogP contribution is -2.28. The highest BCUT2D eigenvalue weighted by Crippen LogP contribution is 2.23. The summed E-state index contributed by atoms with van der Waals surface area (Å²) in [5, 5.41) is 4.62. The van der Waals surface area contributed by atoms with Crippen LogP contribution in [0, 0.1) is 0 Å². The summed E-state index contributed by atoms with van der Waals surface area (Å²) in [6.45, 7) is 0. The van der Waals surface area contributed by atoms with Crippen LogP contribution >= 0.6 is 11.3 Å². The number of nitrogens with one attached hydrogen (secondary N) is 1. The first-order chi connectivity index (χ1) is 10.3. The molecule has 0 amide bonds. The minimum Gasteiger partial charge on any atom is -0.317 e. The third kappa shape index (κ3) is 3.65. The van der Waals surface area contributed by atoms with Gasteiger partial charge >= 0.3 is 0 Å². The molecule has 3 nitrogen and oxygen atoms in total. The van der Waals surface area contributed by atoms with Crippen molar-refractivity contribution in [2.75, 3.05) is 7.05 Å². The van der Waals surface area contributed by atoms with Crippen LogP contribution in [0.3, 0.4) is 0 Å². The molecule has 3 rings (SSSR count). The van der Waals surface area contributed by atoms with Gasteiger partial charge in [-0.15, -0.1) is 11.3 Å². The zero-order valence-electron chi connectivity index (χ0n) is 12.1. The number of nitrogens with zero attached hydrogens (tertiary/aromatic N) is 2. The summed E-state index contributed by atoms with van der Waals surface area (Å²) in [7, 11) is 2.03. The molecule has 1 N–H and O–H groups in total. The number of aromatic nitrogens is 2. The summed E-state index contributed by atoms with van der Waals surface area (Å²) in [5.41, 5.74) is 2.40. The first kappa shape index (κ1) is 14.2. The lowest BCUT2D eigenvalue weighted by atomic mass is 10.0. The third-order valence-corrected chi connectivity index (χ3v) is 4.73. The van der Waals surface area contributed by atoms with Crippen LogP contribution in [0.15, 0.2) is 48.8 Å². The van der Waals surface area contributed by atoms with E-state index in [1.54, 1.807) is 11.3 Å². The Balaban J connectivity index is 1.63.